The van der Waals surface area contributed by atoms with Crippen molar-refractivity contribution in [2.24, 2.45) is 0 Å². The van der Waals surface area contributed by atoms with E-state index in [1.807, 2.05) is 0 Å². The van der Waals surface area contributed by atoms with Gasteiger partial charge in [-0.2, -0.15) is 0 Å². The van der Waals surface area contributed by atoms with Gasteiger partial charge in [-0.05, 0) is 0 Å². The van der Waals surface area contributed by atoms with Gasteiger partial charge < -0.3 is 0 Å². The van der Waals surface area contributed by atoms with Gasteiger partial charge in [-0.3, -0.25) is 0 Å². The van der Waals surface area contributed by atoms with Crippen molar-refractivity contribution in [3.05, 3.63) is 0 Å². The molecule has 2 N–H and O–H groups in total. The van der Waals surface area contributed by atoms with Crippen LogP contribution < -0.4 is 29.6 Å². The van der Waals surface area contributed by atoms with Gasteiger partial charge in [-0.1, -0.05) is 0 Å². The van der Waals surface area contributed by atoms with E-state index in [2.05, 4.69) is 13.8 Å². The van der Waals surface area contributed by atoms with E-state index in [-0.39, 0.29) is 41.1 Å². The molecule has 0 aromatic heterocycles. The van der Waals surface area contributed by atoms with Crippen LogP contribution in [0.15, 0.2) is 0 Å². The maximum absolute atomic E-state index is 10.9. The summed E-state index contributed by atoms with van der Waals surface area (Å²) in [5, 5.41) is 0. The molecule has 0 radical (unpaired) electrons. The Morgan fingerprint density at radius 3 is 1.38 bits per heavy atom. The predicted molar refractivity (Wildman–Crippen MR) is 103 cm³/mol. The van der Waals surface area contributed by atoms with Gasteiger partial charge in [0.1, 0.15) is 0 Å². The van der Waals surface area contributed by atoms with Crippen LogP contribution in [0.2, 0.25) is 8.87 Å². The Bertz CT molecular complexity index is 478. The fraction of sp³-hybridized carbons (Fsp3) is 1.00. The molecule has 0 aliphatic carbocycles. The molecule has 0 aliphatic heterocycles. The average Bonchev–Trinajstić information content (AvgIpc) is 2.39. The zero-order valence-corrected chi connectivity index (χ0v) is 22.9. The van der Waals surface area contributed by atoms with Crippen LogP contribution in [0.4, 0.5) is 0 Å². The molecule has 0 atom stereocenters. The molecule has 0 amide bonds. The quantitative estimate of drug-likeness (QED) is 0.240. The molecule has 0 aromatic carbocycles. The molecule has 0 saturated carbocycles. The van der Waals surface area contributed by atoms with Gasteiger partial charge in [0.05, 0.1) is 0 Å². The molecule has 0 rings (SSSR count). The van der Waals surface area contributed by atoms with Gasteiger partial charge in [0.2, 0.25) is 0 Å². The van der Waals surface area contributed by atoms with E-state index in [1.54, 1.807) is 17.9 Å². The van der Waals surface area contributed by atoms with Gasteiger partial charge >= 0.3 is 181 Å². The SMILES string of the molecule is CCC[CH2][Sn]([CH2]CCC)([S]CCS(=O)(=O)O)[S]CCS(=O)(=O)O.[Na+]. The minimum Gasteiger partial charge on any atom is 1.00 e. The second-order valence-corrected chi connectivity index (χ2v) is 35.1. The smallest absolute Gasteiger partial charge is 1.00 e. The van der Waals surface area contributed by atoms with Crippen molar-refractivity contribution >= 4 is 53.7 Å². The number of hydrogen-bond donors (Lipinski definition) is 2. The summed E-state index contributed by atoms with van der Waals surface area (Å²) < 4.78 is 63.7. The summed E-state index contributed by atoms with van der Waals surface area (Å²) in [6.07, 6.45) is 4.19. The van der Waals surface area contributed by atoms with E-state index in [4.69, 9.17) is 9.11 Å². The largest absolute Gasteiger partial charge is 1.00 e. The van der Waals surface area contributed by atoms with Gasteiger partial charge in [-0.15, -0.1) is 0 Å². The predicted octanol–water partition coefficient (Wildman–Crippen LogP) is 0.275. The third-order valence-electron chi connectivity index (χ3n) is 3.24. The summed E-state index contributed by atoms with van der Waals surface area (Å²) in [6.45, 7) is 4.20. The molecule has 0 aliphatic rings. The Balaban J connectivity index is 0. The average molecular weight is 538 g/mol. The molecule has 0 spiro atoms. The fourth-order valence-electron chi connectivity index (χ4n) is 2.01. The molecular weight excluding hydrogens is 510 g/mol. The van der Waals surface area contributed by atoms with Crippen molar-refractivity contribution in [3.8, 4) is 0 Å². The molecule has 0 heterocycles. The van der Waals surface area contributed by atoms with Crippen molar-refractivity contribution in [2.75, 3.05) is 23.0 Å². The van der Waals surface area contributed by atoms with Crippen LogP contribution in [0.5, 0.6) is 0 Å². The van der Waals surface area contributed by atoms with Crippen LogP contribution in [0.25, 0.3) is 0 Å². The molecule has 12 heteroatoms. The first kappa shape index (κ1) is 28.5. The fourth-order valence-corrected chi connectivity index (χ4v) is 36.8. The molecule has 0 bridgehead atoms. The minimum absolute atomic E-state index is 0. The van der Waals surface area contributed by atoms with Crippen molar-refractivity contribution in [1.29, 1.82) is 0 Å². The first-order chi connectivity index (χ1) is 10.5. The van der Waals surface area contributed by atoms with E-state index < -0.39 is 35.8 Å². The number of unbranched alkanes of at least 4 members (excludes halogenated alkanes) is 2. The van der Waals surface area contributed by atoms with Gasteiger partial charge in [-0.25, -0.2) is 0 Å². The van der Waals surface area contributed by atoms with E-state index in [0.29, 0.717) is 11.5 Å². The Morgan fingerprint density at radius 2 is 1.12 bits per heavy atom. The molecule has 140 valence electrons. The molecule has 0 unspecified atom stereocenters. The van der Waals surface area contributed by atoms with Crippen molar-refractivity contribution in [3.63, 3.8) is 0 Å². The molecule has 0 aromatic rings. The normalized spacial score (nSPS) is 12.8. The third-order valence-corrected chi connectivity index (χ3v) is 36.2. The summed E-state index contributed by atoms with van der Waals surface area (Å²) in [6, 6.07) is 0. The van der Waals surface area contributed by atoms with Crippen molar-refractivity contribution in [1.82, 2.24) is 0 Å². The first-order valence-corrected chi connectivity index (χ1v) is 23.9. The van der Waals surface area contributed by atoms with Crippen LogP contribution in [0.3, 0.4) is 0 Å². The van der Waals surface area contributed by atoms with Crippen LogP contribution in [-0.4, -0.2) is 64.6 Å². The topological polar surface area (TPSA) is 109 Å². The van der Waals surface area contributed by atoms with Crippen LogP contribution >= 0.6 is 17.9 Å². The molecule has 6 nitrogen and oxygen atoms in total. The van der Waals surface area contributed by atoms with E-state index in [0.717, 1.165) is 34.6 Å². The zero-order chi connectivity index (χ0) is 18.0. The molecular formula is C12H28NaO6S4Sn+. The van der Waals surface area contributed by atoms with Crippen molar-refractivity contribution in [2.45, 2.75) is 48.4 Å². The minimum atomic E-state index is -3.96. The summed E-state index contributed by atoms with van der Waals surface area (Å²) in [5.41, 5.74) is 0. The van der Waals surface area contributed by atoms with Crippen LogP contribution in [0, 0.1) is 0 Å². The zero-order valence-electron chi connectivity index (χ0n) is 14.7. The van der Waals surface area contributed by atoms with Crippen molar-refractivity contribution < 1.29 is 55.5 Å². The second-order valence-electron chi connectivity index (χ2n) is 5.39. The van der Waals surface area contributed by atoms with E-state index >= 15 is 0 Å². The Labute approximate surface area is 178 Å². The molecule has 0 saturated heterocycles. The van der Waals surface area contributed by atoms with Crippen LogP contribution in [0.1, 0.15) is 39.5 Å². The number of hydrogen-bond acceptors (Lipinski definition) is 6. The van der Waals surface area contributed by atoms with Crippen LogP contribution in [-0.2, 0) is 20.2 Å². The van der Waals surface area contributed by atoms with E-state index in [9.17, 15) is 16.8 Å². The third kappa shape index (κ3) is 16.5. The van der Waals surface area contributed by atoms with E-state index in [1.165, 1.54) is 0 Å². The first-order valence-electron chi connectivity index (χ1n) is 7.72. The maximum atomic E-state index is 10.9. The summed E-state index contributed by atoms with van der Waals surface area (Å²) in [5.74, 6) is 0.212. The van der Waals surface area contributed by atoms with Gasteiger partial charge in [0, 0.05) is 0 Å². The monoisotopic (exact) mass is 539 g/mol. The summed E-state index contributed by atoms with van der Waals surface area (Å²) >= 11 is -2.81. The van der Waals surface area contributed by atoms with Gasteiger partial charge in [0.15, 0.2) is 0 Å². The summed E-state index contributed by atoms with van der Waals surface area (Å²) in [7, 11) is -4.56. The maximum Gasteiger partial charge on any atom is 1.00 e. The Hall–Kier alpha value is 2.32. The van der Waals surface area contributed by atoms with Gasteiger partial charge in [0.25, 0.3) is 0 Å². The molecule has 0 fully saturated rings. The molecule has 24 heavy (non-hydrogen) atoms. The standard InChI is InChI=1S/2C4H9.2C2H6O3S2.Na.Sn/c2*1-3-4-2;2*3-7(4,5)2-1-6;;/h2*1,3-4H2,2H3;2*6H,1-2H2,(H,3,4,5);;/q;;;;+1;+2/p-2. The summed E-state index contributed by atoms with van der Waals surface area (Å²) in [4.78, 5) is 0. The Kier molecular flexibility index (Phi) is 17.0. The second kappa shape index (κ2) is 14.3. The number of rotatable bonds is 14. The Morgan fingerprint density at radius 1 is 0.792 bits per heavy atom.